The second kappa shape index (κ2) is 8.61. The maximum atomic E-state index is 13.2. The Kier molecular flexibility index (Phi) is 6.79. The maximum Gasteiger partial charge on any atom is 0.123 e. The highest BCUT2D eigenvalue weighted by atomic mass is 35.5. The standard InChI is InChI=1S/C20H25FN2.ClH/c1-2-23-20-10-7-16-6-3-15(13-22)12-18(16)19(20)11-14-4-8-17(21)9-5-14;/h3-6,8-9,12,19-20,23H,2,7,10-11,13,22H2,1H3;1H. The molecule has 2 atom stereocenters. The van der Waals surface area contributed by atoms with E-state index < -0.39 is 0 Å². The zero-order valence-electron chi connectivity index (χ0n) is 14.1. The quantitative estimate of drug-likeness (QED) is 0.858. The van der Waals surface area contributed by atoms with E-state index in [0.717, 1.165) is 25.8 Å². The van der Waals surface area contributed by atoms with Gasteiger partial charge < -0.3 is 11.1 Å². The van der Waals surface area contributed by atoms with Crippen LogP contribution in [0.25, 0.3) is 0 Å². The number of nitrogens with one attached hydrogen (secondary N) is 1. The smallest absolute Gasteiger partial charge is 0.123 e. The highest BCUT2D eigenvalue weighted by Crippen LogP contribution is 2.35. The van der Waals surface area contributed by atoms with Crippen LogP contribution in [0, 0.1) is 5.82 Å². The topological polar surface area (TPSA) is 38.0 Å². The molecule has 0 aromatic heterocycles. The Labute approximate surface area is 150 Å². The van der Waals surface area contributed by atoms with Gasteiger partial charge in [0, 0.05) is 18.5 Å². The van der Waals surface area contributed by atoms with E-state index in [9.17, 15) is 4.39 Å². The van der Waals surface area contributed by atoms with Crippen molar-refractivity contribution < 1.29 is 4.39 Å². The molecule has 2 aromatic rings. The highest BCUT2D eigenvalue weighted by Gasteiger charge is 2.29. The first-order valence-corrected chi connectivity index (χ1v) is 8.51. The molecule has 4 heteroatoms. The molecule has 0 amide bonds. The van der Waals surface area contributed by atoms with Crippen molar-refractivity contribution in [2.45, 2.75) is 44.7 Å². The predicted octanol–water partition coefficient (Wildman–Crippen LogP) is 3.96. The third-order valence-electron chi connectivity index (χ3n) is 4.89. The zero-order chi connectivity index (χ0) is 16.2. The summed E-state index contributed by atoms with van der Waals surface area (Å²) in [4.78, 5) is 0. The van der Waals surface area contributed by atoms with Crippen molar-refractivity contribution in [3.05, 3.63) is 70.5 Å². The van der Waals surface area contributed by atoms with Crippen LogP contribution in [0.15, 0.2) is 42.5 Å². The van der Waals surface area contributed by atoms with E-state index in [1.807, 2.05) is 12.1 Å². The number of aryl methyl sites for hydroxylation is 1. The second-order valence-corrected chi connectivity index (χ2v) is 6.38. The molecule has 1 aliphatic carbocycles. The van der Waals surface area contributed by atoms with Crippen molar-refractivity contribution in [3.8, 4) is 0 Å². The summed E-state index contributed by atoms with van der Waals surface area (Å²) in [6.45, 7) is 3.69. The van der Waals surface area contributed by atoms with Crippen LogP contribution in [0.2, 0.25) is 0 Å². The first kappa shape index (κ1) is 18.9. The lowest BCUT2D eigenvalue weighted by molar-refractivity contribution is 0.392. The van der Waals surface area contributed by atoms with Gasteiger partial charge in [0.15, 0.2) is 0 Å². The van der Waals surface area contributed by atoms with Crippen molar-refractivity contribution in [3.63, 3.8) is 0 Å². The van der Waals surface area contributed by atoms with Gasteiger partial charge in [-0.3, -0.25) is 0 Å². The number of halogens is 2. The lowest BCUT2D eigenvalue weighted by Gasteiger charge is -2.35. The number of nitrogens with two attached hydrogens (primary N) is 1. The van der Waals surface area contributed by atoms with E-state index in [1.165, 1.54) is 22.3 Å². The molecule has 24 heavy (non-hydrogen) atoms. The van der Waals surface area contributed by atoms with Gasteiger partial charge in [-0.05, 0) is 60.2 Å². The first-order chi connectivity index (χ1) is 11.2. The minimum atomic E-state index is -0.175. The highest BCUT2D eigenvalue weighted by molar-refractivity contribution is 5.85. The van der Waals surface area contributed by atoms with E-state index in [1.54, 1.807) is 12.1 Å². The van der Waals surface area contributed by atoms with Crippen molar-refractivity contribution in [2.24, 2.45) is 5.73 Å². The fourth-order valence-electron chi connectivity index (χ4n) is 3.71. The monoisotopic (exact) mass is 348 g/mol. The third kappa shape index (κ3) is 4.15. The van der Waals surface area contributed by atoms with Crippen LogP contribution < -0.4 is 11.1 Å². The molecule has 0 bridgehead atoms. The average molecular weight is 349 g/mol. The molecule has 2 unspecified atom stereocenters. The number of hydrogen-bond donors (Lipinski definition) is 2. The molecule has 130 valence electrons. The Balaban J connectivity index is 0.00000208. The molecule has 3 N–H and O–H groups in total. The minimum Gasteiger partial charge on any atom is -0.326 e. The fourth-order valence-corrected chi connectivity index (χ4v) is 3.71. The predicted molar refractivity (Wildman–Crippen MR) is 100 cm³/mol. The van der Waals surface area contributed by atoms with E-state index in [2.05, 4.69) is 30.4 Å². The van der Waals surface area contributed by atoms with Crippen molar-refractivity contribution >= 4 is 12.4 Å². The molecule has 0 heterocycles. The number of likely N-dealkylation sites (N-methyl/N-ethyl adjacent to an activating group) is 1. The van der Waals surface area contributed by atoms with Crippen LogP contribution in [0.5, 0.6) is 0 Å². The maximum absolute atomic E-state index is 13.2. The van der Waals surface area contributed by atoms with Crippen LogP contribution in [-0.4, -0.2) is 12.6 Å². The zero-order valence-corrected chi connectivity index (χ0v) is 14.9. The summed E-state index contributed by atoms with van der Waals surface area (Å²) in [6.07, 6.45) is 3.19. The summed E-state index contributed by atoms with van der Waals surface area (Å²) in [5.74, 6) is 0.238. The van der Waals surface area contributed by atoms with Crippen LogP contribution >= 0.6 is 12.4 Å². The van der Waals surface area contributed by atoms with Crippen molar-refractivity contribution in [1.82, 2.24) is 5.32 Å². The summed E-state index contributed by atoms with van der Waals surface area (Å²) < 4.78 is 13.2. The Morgan fingerprint density at radius 1 is 1.12 bits per heavy atom. The van der Waals surface area contributed by atoms with E-state index in [4.69, 9.17) is 5.73 Å². The molecule has 3 rings (SSSR count). The first-order valence-electron chi connectivity index (χ1n) is 8.51. The summed E-state index contributed by atoms with van der Waals surface area (Å²) in [5.41, 5.74) is 11.0. The van der Waals surface area contributed by atoms with Crippen LogP contribution in [0.4, 0.5) is 4.39 Å². The van der Waals surface area contributed by atoms with Crippen LogP contribution in [-0.2, 0) is 19.4 Å². The average Bonchev–Trinajstić information content (AvgIpc) is 2.58. The van der Waals surface area contributed by atoms with E-state index in [0.29, 0.717) is 18.5 Å². The van der Waals surface area contributed by atoms with Gasteiger partial charge in [0.2, 0.25) is 0 Å². The van der Waals surface area contributed by atoms with Gasteiger partial charge in [-0.1, -0.05) is 37.3 Å². The molecular formula is C20H26ClFN2. The van der Waals surface area contributed by atoms with Gasteiger partial charge in [-0.15, -0.1) is 12.4 Å². The van der Waals surface area contributed by atoms with Crippen molar-refractivity contribution in [1.29, 1.82) is 0 Å². The van der Waals surface area contributed by atoms with Crippen LogP contribution in [0.1, 0.15) is 41.5 Å². The van der Waals surface area contributed by atoms with Gasteiger partial charge in [0.1, 0.15) is 5.82 Å². The normalized spacial score (nSPS) is 19.5. The number of hydrogen-bond acceptors (Lipinski definition) is 2. The van der Waals surface area contributed by atoms with Gasteiger partial charge in [-0.2, -0.15) is 0 Å². The molecule has 0 radical (unpaired) electrons. The molecular weight excluding hydrogens is 323 g/mol. The Hall–Kier alpha value is -1.42. The van der Waals surface area contributed by atoms with E-state index >= 15 is 0 Å². The molecule has 0 saturated carbocycles. The minimum absolute atomic E-state index is 0. The lowest BCUT2D eigenvalue weighted by atomic mass is 9.75. The molecule has 0 aliphatic heterocycles. The third-order valence-corrected chi connectivity index (χ3v) is 4.89. The SMILES string of the molecule is CCNC1CCc2ccc(CN)cc2C1Cc1ccc(F)cc1.Cl. The molecule has 2 aromatic carbocycles. The largest absolute Gasteiger partial charge is 0.326 e. The van der Waals surface area contributed by atoms with Gasteiger partial charge in [-0.25, -0.2) is 4.39 Å². The number of fused-ring (bicyclic) bond motifs is 1. The molecule has 0 saturated heterocycles. The molecule has 0 fully saturated rings. The summed E-state index contributed by atoms with van der Waals surface area (Å²) >= 11 is 0. The molecule has 0 spiro atoms. The van der Waals surface area contributed by atoms with E-state index in [-0.39, 0.29) is 18.2 Å². The Morgan fingerprint density at radius 2 is 1.83 bits per heavy atom. The number of benzene rings is 2. The Morgan fingerprint density at radius 3 is 2.50 bits per heavy atom. The lowest BCUT2D eigenvalue weighted by Crippen LogP contribution is -2.39. The summed E-state index contributed by atoms with van der Waals surface area (Å²) in [5, 5.41) is 3.64. The van der Waals surface area contributed by atoms with Gasteiger partial charge in [0.25, 0.3) is 0 Å². The summed E-state index contributed by atoms with van der Waals surface area (Å²) in [6, 6.07) is 14.0. The fraction of sp³-hybridized carbons (Fsp3) is 0.400. The molecule has 1 aliphatic rings. The Bertz CT molecular complexity index is 657. The van der Waals surface area contributed by atoms with Crippen LogP contribution in [0.3, 0.4) is 0 Å². The second-order valence-electron chi connectivity index (χ2n) is 6.38. The molecule has 2 nitrogen and oxygen atoms in total. The summed E-state index contributed by atoms with van der Waals surface area (Å²) in [7, 11) is 0. The van der Waals surface area contributed by atoms with Crippen molar-refractivity contribution in [2.75, 3.05) is 6.54 Å². The van der Waals surface area contributed by atoms with Gasteiger partial charge >= 0.3 is 0 Å². The van der Waals surface area contributed by atoms with Gasteiger partial charge in [0.05, 0.1) is 0 Å². The number of rotatable bonds is 5.